The summed E-state index contributed by atoms with van der Waals surface area (Å²) < 4.78 is 0. The Morgan fingerprint density at radius 1 is 1.16 bits per heavy atom. The van der Waals surface area contributed by atoms with Crippen LogP contribution in [0, 0.1) is 6.92 Å². The zero-order valence-electron chi connectivity index (χ0n) is 11.6. The minimum absolute atomic E-state index is 0.192. The van der Waals surface area contributed by atoms with Gasteiger partial charge in [0.25, 0.3) is 0 Å². The van der Waals surface area contributed by atoms with Crippen LogP contribution in [-0.2, 0) is 11.3 Å². The Hall–Kier alpha value is -1.39. The minimum atomic E-state index is 0.192. The van der Waals surface area contributed by atoms with E-state index in [2.05, 4.69) is 36.1 Å². The SMILES string of the molecule is Cc1ccc(CN2CCN(C(=O)CCN)CC2)cc1. The first-order valence-electron chi connectivity index (χ1n) is 6.95. The molecule has 1 saturated heterocycles. The van der Waals surface area contributed by atoms with E-state index in [1.165, 1.54) is 11.1 Å². The van der Waals surface area contributed by atoms with Gasteiger partial charge < -0.3 is 10.6 Å². The molecule has 0 aliphatic carbocycles. The van der Waals surface area contributed by atoms with Crippen LogP contribution >= 0.6 is 0 Å². The molecule has 1 amide bonds. The van der Waals surface area contributed by atoms with Gasteiger partial charge in [-0.2, -0.15) is 0 Å². The van der Waals surface area contributed by atoms with Crippen molar-refractivity contribution in [2.24, 2.45) is 5.73 Å². The highest BCUT2D eigenvalue weighted by atomic mass is 16.2. The number of nitrogens with two attached hydrogens (primary N) is 1. The summed E-state index contributed by atoms with van der Waals surface area (Å²) >= 11 is 0. The first-order chi connectivity index (χ1) is 9.19. The van der Waals surface area contributed by atoms with Gasteiger partial charge in [-0.3, -0.25) is 9.69 Å². The van der Waals surface area contributed by atoms with Gasteiger partial charge in [0.05, 0.1) is 0 Å². The Morgan fingerprint density at radius 3 is 2.37 bits per heavy atom. The van der Waals surface area contributed by atoms with E-state index in [4.69, 9.17) is 5.73 Å². The van der Waals surface area contributed by atoms with Crippen LogP contribution in [0.15, 0.2) is 24.3 Å². The normalized spacial score (nSPS) is 16.6. The Kier molecular flexibility index (Phi) is 4.93. The van der Waals surface area contributed by atoms with Gasteiger partial charge in [0.1, 0.15) is 0 Å². The van der Waals surface area contributed by atoms with Crippen LogP contribution in [0.3, 0.4) is 0 Å². The summed E-state index contributed by atoms with van der Waals surface area (Å²) in [6.07, 6.45) is 0.470. The molecule has 0 radical (unpaired) electrons. The van der Waals surface area contributed by atoms with Crippen molar-refractivity contribution in [3.63, 3.8) is 0 Å². The summed E-state index contributed by atoms with van der Waals surface area (Å²) in [7, 11) is 0. The predicted molar refractivity (Wildman–Crippen MR) is 76.7 cm³/mol. The van der Waals surface area contributed by atoms with Crippen molar-refractivity contribution >= 4 is 5.91 Å². The first kappa shape index (κ1) is 14.0. The quantitative estimate of drug-likeness (QED) is 0.879. The topological polar surface area (TPSA) is 49.6 Å². The van der Waals surface area contributed by atoms with Gasteiger partial charge in [0, 0.05) is 45.7 Å². The molecule has 19 heavy (non-hydrogen) atoms. The van der Waals surface area contributed by atoms with E-state index < -0.39 is 0 Å². The van der Waals surface area contributed by atoms with Crippen LogP contribution < -0.4 is 5.73 Å². The lowest BCUT2D eigenvalue weighted by Gasteiger charge is -2.34. The lowest BCUT2D eigenvalue weighted by molar-refractivity contribution is -0.132. The molecule has 1 aliphatic rings. The van der Waals surface area contributed by atoms with Gasteiger partial charge in [0.2, 0.25) is 5.91 Å². The molecule has 2 rings (SSSR count). The standard InChI is InChI=1S/C15H23N3O/c1-13-2-4-14(5-3-13)12-17-8-10-18(11-9-17)15(19)6-7-16/h2-5H,6-12,16H2,1H3. The molecular weight excluding hydrogens is 238 g/mol. The second kappa shape index (κ2) is 6.68. The van der Waals surface area contributed by atoms with Crippen molar-refractivity contribution in [3.05, 3.63) is 35.4 Å². The van der Waals surface area contributed by atoms with Crippen LogP contribution in [-0.4, -0.2) is 48.4 Å². The van der Waals surface area contributed by atoms with E-state index in [-0.39, 0.29) is 5.91 Å². The maximum atomic E-state index is 11.7. The first-order valence-corrected chi connectivity index (χ1v) is 6.95. The third-order valence-corrected chi connectivity index (χ3v) is 3.61. The fourth-order valence-corrected chi connectivity index (χ4v) is 2.39. The summed E-state index contributed by atoms with van der Waals surface area (Å²) in [5.41, 5.74) is 8.05. The smallest absolute Gasteiger partial charge is 0.223 e. The number of piperazine rings is 1. The highest BCUT2D eigenvalue weighted by molar-refractivity contribution is 5.76. The zero-order chi connectivity index (χ0) is 13.7. The van der Waals surface area contributed by atoms with E-state index in [9.17, 15) is 4.79 Å². The van der Waals surface area contributed by atoms with Crippen molar-refractivity contribution in [2.45, 2.75) is 19.9 Å². The molecule has 0 atom stereocenters. The number of rotatable bonds is 4. The molecule has 4 heteroatoms. The molecule has 0 unspecified atom stereocenters. The Bertz CT molecular complexity index is 408. The monoisotopic (exact) mass is 261 g/mol. The lowest BCUT2D eigenvalue weighted by Crippen LogP contribution is -2.48. The number of aryl methyl sites for hydroxylation is 1. The number of amides is 1. The average Bonchev–Trinajstić information content (AvgIpc) is 2.42. The van der Waals surface area contributed by atoms with Gasteiger partial charge in [-0.25, -0.2) is 0 Å². The summed E-state index contributed by atoms with van der Waals surface area (Å²) in [6.45, 7) is 7.07. The number of benzene rings is 1. The molecule has 4 nitrogen and oxygen atoms in total. The van der Waals surface area contributed by atoms with Gasteiger partial charge in [-0.05, 0) is 12.5 Å². The second-order valence-corrected chi connectivity index (χ2v) is 5.18. The van der Waals surface area contributed by atoms with E-state index in [1.807, 2.05) is 4.90 Å². The molecule has 0 bridgehead atoms. The fourth-order valence-electron chi connectivity index (χ4n) is 2.39. The molecule has 0 aromatic heterocycles. The molecule has 0 saturated carbocycles. The van der Waals surface area contributed by atoms with E-state index in [1.54, 1.807) is 0 Å². The highest BCUT2D eigenvalue weighted by Gasteiger charge is 2.20. The van der Waals surface area contributed by atoms with Crippen molar-refractivity contribution in [1.29, 1.82) is 0 Å². The maximum absolute atomic E-state index is 11.7. The van der Waals surface area contributed by atoms with Crippen molar-refractivity contribution < 1.29 is 4.79 Å². The van der Waals surface area contributed by atoms with Gasteiger partial charge in [-0.15, -0.1) is 0 Å². The van der Waals surface area contributed by atoms with Gasteiger partial charge in [0.15, 0.2) is 0 Å². The molecule has 1 aliphatic heterocycles. The van der Waals surface area contributed by atoms with E-state index >= 15 is 0 Å². The molecule has 104 valence electrons. The number of carbonyl (C=O) groups excluding carboxylic acids is 1. The highest BCUT2D eigenvalue weighted by Crippen LogP contribution is 2.10. The van der Waals surface area contributed by atoms with Crippen LogP contribution in [0.1, 0.15) is 17.5 Å². The van der Waals surface area contributed by atoms with Crippen LogP contribution in [0.4, 0.5) is 0 Å². The Morgan fingerprint density at radius 2 is 1.79 bits per heavy atom. The van der Waals surface area contributed by atoms with Crippen LogP contribution in [0.2, 0.25) is 0 Å². The minimum Gasteiger partial charge on any atom is -0.340 e. The van der Waals surface area contributed by atoms with Gasteiger partial charge in [-0.1, -0.05) is 29.8 Å². The molecule has 2 N–H and O–H groups in total. The molecule has 1 aromatic carbocycles. The Balaban J connectivity index is 1.80. The summed E-state index contributed by atoms with van der Waals surface area (Å²) in [6, 6.07) is 8.66. The summed E-state index contributed by atoms with van der Waals surface area (Å²) in [5, 5.41) is 0. The number of carbonyl (C=O) groups is 1. The van der Waals surface area contributed by atoms with Crippen molar-refractivity contribution in [2.75, 3.05) is 32.7 Å². The lowest BCUT2D eigenvalue weighted by atomic mass is 10.1. The molecule has 1 heterocycles. The van der Waals surface area contributed by atoms with Crippen molar-refractivity contribution in [1.82, 2.24) is 9.80 Å². The molecule has 0 spiro atoms. The largest absolute Gasteiger partial charge is 0.340 e. The number of hydrogen-bond acceptors (Lipinski definition) is 3. The summed E-state index contributed by atoms with van der Waals surface area (Å²) in [4.78, 5) is 16.1. The summed E-state index contributed by atoms with van der Waals surface area (Å²) in [5.74, 6) is 0.192. The molecular formula is C15H23N3O. The second-order valence-electron chi connectivity index (χ2n) is 5.18. The predicted octanol–water partition coefficient (Wildman–Crippen LogP) is 0.988. The molecule has 1 aromatic rings. The third-order valence-electron chi connectivity index (χ3n) is 3.61. The maximum Gasteiger partial charge on any atom is 0.223 e. The van der Waals surface area contributed by atoms with Crippen LogP contribution in [0.5, 0.6) is 0 Å². The zero-order valence-corrected chi connectivity index (χ0v) is 11.6. The third kappa shape index (κ3) is 4.04. The molecule has 1 fully saturated rings. The van der Waals surface area contributed by atoms with Crippen LogP contribution in [0.25, 0.3) is 0 Å². The number of hydrogen-bond donors (Lipinski definition) is 1. The number of nitrogens with zero attached hydrogens (tertiary/aromatic N) is 2. The average molecular weight is 261 g/mol. The van der Waals surface area contributed by atoms with Gasteiger partial charge >= 0.3 is 0 Å². The van der Waals surface area contributed by atoms with E-state index in [0.29, 0.717) is 13.0 Å². The van der Waals surface area contributed by atoms with Crippen molar-refractivity contribution in [3.8, 4) is 0 Å². The Labute approximate surface area is 115 Å². The van der Waals surface area contributed by atoms with E-state index in [0.717, 1.165) is 32.7 Å². The fraction of sp³-hybridized carbons (Fsp3) is 0.533.